The van der Waals surface area contributed by atoms with E-state index < -0.39 is 0 Å². The lowest BCUT2D eigenvalue weighted by Gasteiger charge is -1.99. The molecule has 0 fully saturated rings. The first-order valence-corrected chi connectivity index (χ1v) is 7.14. The number of esters is 1. The summed E-state index contributed by atoms with van der Waals surface area (Å²) in [4.78, 5) is 17.7. The average molecular weight is 290 g/mol. The van der Waals surface area contributed by atoms with E-state index in [2.05, 4.69) is 4.98 Å². The van der Waals surface area contributed by atoms with Crippen LogP contribution in [0.1, 0.15) is 28.0 Å². The molecule has 0 aromatic carbocycles. The quantitative estimate of drug-likeness (QED) is 0.693. The molecule has 5 nitrogen and oxygen atoms in total. The van der Waals surface area contributed by atoms with Crippen LogP contribution in [0.5, 0.6) is 0 Å². The zero-order valence-electron chi connectivity index (χ0n) is 11.5. The van der Waals surface area contributed by atoms with E-state index in [9.17, 15) is 4.79 Å². The number of aryl methyl sites for hydroxylation is 2. The summed E-state index contributed by atoms with van der Waals surface area (Å²) >= 11 is 1.33. The van der Waals surface area contributed by atoms with Crippen molar-refractivity contribution >= 4 is 22.3 Å². The van der Waals surface area contributed by atoms with Crippen molar-refractivity contribution in [2.24, 2.45) is 0 Å². The van der Waals surface area contributed by atoms with Gasteiger partial charge in [-0.15, -0.1) is 0 Å². The Morgan fingerprint density at radius 1 is 1.45 bits per heavy atom. The third kappa shape index (κ3) is 2.02. The lowest BCUT2D eigenvalue weighted by atomic mass is 10.3. The first kappa shape index (κ1) is 12.9. The summed E-state index contributed by atoms with van der Waals surface area (Å²) < 4.78 is 12.5. The highest BCUT2D eigenvalue weighted by Crippen LogP contribution is 2.28. The van der Waals surface area contributed by atoms with E-state index in [1.807, 2.05) is 36.6 Å². The largest absolute Gasteiger partial charge is 0.462 e. The minimum absolute atomic E-state index is 0.295. The predicted molar refractivity (Wildman–Crippen MR) is 76.2 cm³/mol. The highest BCUT2D eigenvalue weighted by atomic mass is 32.1. The molecule has 3 aromatic heterocycles. The fraction of sp³-hybridized carbons (Fsp3) is 0.286. The van der Waals surface area contributed by atoms with Gasteiger partial charge in [0.25, 0.3) is 0 Å². The van der Waals surface area contributed by atoms with Crippen LogP contribution >= 0.6 is 11.3 Å². The Bertz CT molecular complexity index is 782. The Morgan fingerprint density at radius 3 is 2.85 bits per heavy atom. The number of imidazole rings is 1. The van der Waals surface area contributed by atoms with E-state index in [-0.39, 0.29) is 5.97 Å². The fourth-order valence-electron chi connectivity index (χ4n) is 2.03. The summed E-state index contributed by atoms with van der Waals surface area (Å²) in [6.07, 6.45) is 1.88. The van der Waals surface area contributed by atoms with E-state index in [4.69, 9.17) is 9.15 Å². The molecule has 0 N–H and O–H groups in total. The van der Waals surface area contributed by atoms with Crippen LogP contribution in [-0.2, 0) is 4.74 Å². The lowest BCUT2D eigenvalue weighted by molar-refractivity contribution is 0.0531. The molecule has 0 aliphatic carbocycles. The number of fused-ring (bicyclic) bond motifs is 1. The molecule has 3 rings (SSSR count). The maximum Gasteiger partial charge on any atom is 0.350 e. The van der Waals surface area contributed by atoms with Crippen molar-refractivity contribution < 1.29 is 13.9 Å². The van der Waals surface area contributed by atoms with Crippen LogP contribution in [0.15, 0.2) is 22.7 Å². The molecule has 0 aliphatic heterocycles. The van der Waals surface area contributed by atoms with Gasteiger partial charge in [-0.2, -0.15) is 0 Å². The summed E-state index contributed by atoms with van der Waals surface area (Å²) in [5, 5.41) is 0. The van der Waals surface area contributed by atoms with Crippen molar-refractivity contribution in [1.29, 1.82) is 0 Å². The monoisotopic (exact) mass is 290 g/mol. The Morgan fingerprint density at radius 2 is 2.25 bits per heavy atom. The van der Waals surface area contributed by atoms with Gasteiger partial charge < -0.3 is 9.15 Å². The van der Waals surface area contributed by atoms with Crippen molar-refractivity contribution in [2.75, 3.05) is 6.61 Å². The maximum absolute atomic E-state index is 11.8. The topological polar surface area (TPSA) is 56.7 Å². The SMILES string of the molecule is CCOC(=O)c1sc2nc(-c3ccc(C)o3)cn2c1C. The smallest absolute Gasteiger partial charge is 0.350 e. The average Bonchev–Trinajstić information content (AvgIpc) is 3.06. The summed E-state index contributed by atoms with van der Waals surface area (Å²) in [5.74, 6) is 1.28. The second-order valence-electron chi connectivity index (χ2n) is 4.43. The Hall–Kier alpha value is -2.08. The molecular formula is C14H14N2O3S. The third-order valence-electron chi connectivity index (χ3n) is 3.01. The molecule has 20 heavy (non-hydrogen) atoms. The molecule has 0 saturated heterocycles. The van der Waals surface area contributed by atoms with Gasteiger partial charge in [-0.1, -0.05) is 11.3 Å². The highest BCUT2D eigenvalue weighted by molar-refractivity contribution is 7.19. The summed E-state index contributed by atoms with van der Waals surface area (Å²) in [6, 6.07) is 3.79. The number of furan rings is 1. The molecule has 0 spiro atoms. The number of thiazole rings is 1. The number of hydrogen-bond acceptors (Lipinski definition) is 5. The zero-order valence-corrected chi connectivity index (χ0v) is 12.3. The second-order valence-corrected chi connectivity index (χ2v) is 5.40. The van der Waals surface area contributed by atoms with Crippen LogP contribution < -0.4 is 0 Å². The van der Waals surface area contributed by atoms with Crippen molar-refractivity contribution in [3.05, 3.63) is 34.7 Å². The molecule has 3 heterocycles. The summed E-state index contributed by atoms with van der Waals surface area (Å²) in [7, 11) is 0. The number of carbonyl (C=O) groups excluding carboxylic acids is 1. The lowest BCUT2D eigenvalue weighted by Crippen LogP contribution is -2.04. The molecule has 104 valence electrons. The zero-order chi connectivity index (χ0) is 14.3. The molecule has 6 heteroatoms. The molecule has 0 unspecified atom stereocenters. The summed E-state index contributed by atoms with van der Waals surface area (Å²) in [6.45, 7) is 5.94. The minimum Gasteiger partial charge on any atom is -0.462 e. The number of ether oxygens (including phenoxy) is 1. The minimum atomic E-state index is -0.295. The second kappa shape index (κ2) is 4.79. The first-order chi connectivity index (χ1) is 9.60. The molecule has 0 atom stereocenters. The molecule has 0 aliphatic rings. The van der Waals surface area contributed by atoms with Crippen molar-refractivity contribution in [2.45, 2.75) is 20.8 Å². The Balaban J connectivity index is 2.04. The van der Waals surface area contributed by atoms with E-state index in [0.29, 0.717) is 11.5 Å². The van der Waals surface area contributed by atoms with Crippen LogP contribution in [0, 0.1) is 13.8 Å². The van der Waals surface area contributed by atoms with Gasteiger partial charge in [-0.25, -0.2) is 9.78 Å². The molecule has 0 radical (unpaired) electrons. The Kier molecular flexibility index (Phi) is 3.10. The first-order valence-electron chi connectivity index (χ1n) is 6.32. The van der Waals surface area contributed by atoms with Gasteiger partial charge in [-0.3, -0.25) is 4.40 Å². The highest BCUT2D eigenvalue weighted by Gasteiger charge is 2.19. The standard InChI is InChI=1S/C14H14N2O3S/c1-4-18-13(17)12-9(3)16-7-10(15-14(16)20-12)11-6-5-8(2)19-11/h5-7H,4H2,1-3H3. The fourth-order valence-corrected chi connectivity index (χ4v) is 3.03. The van der Waals surface area contributed by atoms with E-state index in [1.54, 1.807) is 6.92 Å². The van der Waals surface area contributed by atoms with E-state index in [1.165, 1.54) is 11.3 Å². The number of nitrogens with zero attached hydrogens (tertiary/aromatic N) is 2. The third-order valence-corrected chi connectivity index (χ3v) is 4.15. The molecule has 0 bridgehead atoms. The summed E-state index contributed by atoms with van der Waals surface area (Å²) in [5.41, 5.74) is 1.60. The van der Waals surface area contributed by atoms with Crippen LogP contribution in [0.4, 0.5) is 0 Å². The number of aromatic nitrogens is 2. The van der Waals surface area contributed by atoms with Gasteiger partial charge in [0, 0.05) is 11.9 Å². The molecular weight excluding hydrogens is 276 g/mol. The number of rotatable bonds is 3. The van der Waals surface area contributed by atoms with Crippen molar-refractivity contribution in [3.63, 3.8) is 0 Å². The van der Waals surface area contributed by atoms with Crippen LogP contribution in [0.3, 0.4) is 0 Å². The number of hydrogen-bond donors (Lipinski definition) is 0. The van der Waals surface area contributed by atoms with Crippen LogP contribution in [0.25, 0.3) is 16.4 Å². The van der Waals surface area contributed by atoms with E-state index >= 15 is 0 Å². The van der Waals surface area contributed by atoms with Gasteiger partial charge in [0.1, 0.15) is 16.3 Å². The van der Waals surface area contributed by atoms with Gasteiger partial charge in [0.05, 0.1) is 6.61 Å². The molecule has 0 amide bonds. The molecule has 3 aromatic rings. The normalized spacial score (nSPS) is 11.2. The van der Waals surface area contributed by atoms with Gasteiger partial charge in [-0.05, 0) is 32.9 Å². The number of carbonyl (C=O) groups is 1. The predicted octanol–water partition coefficient (Wildman–Crippen LogP) is 3.45. The molecule has 0 saturated carbocycles. The van der Waals surface area contributed by atoms with Crippen LogP contribution in [-0.4, -0.2) is 22.0 Å². The van der Waals surface area contributed by atoms with Crippen molar-refractivity contribution in [3.8, 4) is 11.5 Å². The van der Waals surface area contributed by atoms with Gasteiger partial charge in [0.2, 0.25) is 0 Å². The van der Waals surface area contributed by atoms with Crippen LogP contribution in [0.2, 0.25) is 0 Å². The van der Waals surface area contributed by atoms with E-state index in [0.717, 1.165) is 27.9 Å². The maximum atomic E-state index is 11.8. The Labute approximate surface area is 119 Å². The van der Waals surface area contributed by atoms with Gasteiger partial charge >= 0.3 is 5.97 Å². The van der Waals surface area contributed by atoms with Gasteiger partial charge in [0.15, 0.2) is 10.7 Å². The van der Waals surface area contributed by atoms with Crippen molar-refractivity contribution in [1.82, 2.24) is 9.38 Å².